The van der Waals surface area contributed by atoms with E-state index >= 15 is 0 Å². The lowest BCUT2D eigenvalue weighted by atomic mass is 10.1. The van der Waals surface area contributed by atoms with Crippen molar-refractivity contribution >= 4 is 71.8 Å². The summed E-state index contributed by atoms with van der Waals surface area (Å²) in [6, 6.07) is 26.5. The van der Waals surface area contributed by atoms with Gasteiger partial charge in [0.2, 0.25) is 0 Å². The maximum atomic E-state index is 12.0. The van der Waals surface area contributed by atoms with Crippen molar-refractivity contribution in [3.63, 3.8) is 0 Å². The number of anilines is 4. The Morgan fingerprint density at radius 3 is 1.46 bits per heavy atom. The van der Waals surface area contributed by atoms with E-state index in [1.165, 1.54) is 70.4 Å². The van der Waals surface area contributed by atoms with Gasteiger partial charge in [0.1, 0.15) is 46.0 Å². The normalized spacial score (nSPS) is 11.8. The van der Waals surface area contributed by atoms with Crippen LogP contribution in [0.25, 0.3) is 45.0 Å². The van der Waals surface area contributed by atoms with Gasteiger partial charge in [-0.3, -0.25) is 10.1 Å². The third-order valence-corrected chi connectivity index (χ3v) is 15.5. The number of carbonyl (C=O) groups excluding carboxylic acids is 1. The Hall–Kier alpha value is -8.27. The number of morpholine rings is 1. The summed E-state index contributed by atoms with van der Waals surface area (Å²) in [5.41, 5.74) is 5.38. The molecule has 0 bridgehead atoms. The number of aliphatic hydroxyl groups excluding tert-OH is 2. The number of aromatic hydroxyl groups is 8. The third kappa shape index (κ3) is 17.4. The Bertz CT molecular complexity index is 3440. The number of benzene rings is 5. The summed E-state index contributed by atoms with van der Waals surface area (Å²) in [5.74, 6) is -0.207. The number of phenols is 8. The van der Waals surface area contributed by atoms with Gasteiger partial charge >= 0.3 is 0 Å². The van der Waals surface area contributed by atoms with Crippen molar-refractivity contribution < 1.29 is 60.6 Å². The van der Waals surface area contributed by atoms with E-state index in [1.807, 2.05) is 16.8 Å². The average Bonchev–Trinajstić information content (AvgIpc) is 4.34. The molecule has 1 aliphatic rings. The number of nitrogens with zero attached hydrogens (tertiary/aromatic N) is 7. The SMILES string of the molecule is CCN(CC)CCNc1nc(-c2ccc(O)cc2O)cs1.O=C(Nc1nc(-c2ccc(O)cc2O)cs1)c1ccccc1.OCCN(CCO)c1nc(-c2ccc(O)cc2O)cs1.Oc1ccc(-c2csc(N3CCOCC3)n2)c(O)c1. The molecule has 432 valence electrons. The molecule has 1 saturated heterocycles. The van der Waals surface area contributed by atoms with Crippen molar-refractivity contribution in [3.05, 3.63) is 130 Å². The molecular weight excluding hydrogens is 1130 g/mol. The maximum Gasteiger partial charge on any atom is 0.257 e. The van der Waals surface area contributed by atoms with E-state index in [4.69, 9.17) is 14.9 Å². The van der Waals surface area contributed by atoms with Crippen LogP contribution in [-0.2, 0) is 4.74 Å². The topological polar surface area (TPSA) is 314 Å². The van der Waals surface area contributed by atoms with Gasteiger partial charge in [-0.15, -0.1) is 45.3 Å². The number of phenolic OH excluding ortho intramolecular Hbond substituents is 8. The van der Waals surface area contributed by atoms with Gasteiger partial charge in [-0.2, -0.15) is 0 Å². The second-order valence-electron chi connectivity index (χ2n) is 17.7. The summed E-state index contributed by atoms with van der Waals surface area (Å²) in [5, 5.41) is 111. The number of carbonyl (C=O) groups is 1. The molecule has 0 saturated carbocycles. The highest BCUT2D eigenvalue weighted by atomic mass is 32.1. The first-order valence-electron chi connectivity index (χ1n) is 25.7. The molecule has 5 aromatic carbocycles. The third-order valence-electron chi connectivity index (χ3n) is 12.2. The Labute approximate surface area is 488 Å². The number of hydrogen-bond acceptors (Lipinski definition) is 24. The molecule has 25 heteroatoms. The quantitative estimate of drug-likeness (QED) is 0.0380. The van der Waals surface area contributed by atoms with Crippen LogP contribution in [0.1, 0.15) is 24.2 Å². The van der Waals surface area contributed by atoms with E-state index in [1.54, 1.807) is 87.7 Å². The van der Waals surface area contributed by atoms with Crippen molar-refractivity contribution in [2.75, 3.05) is 99.2 Å². The van der Waals surface area contributed by atoms with E-state index in [-0.39, 0.29) is 65.1 Å². The minimum atomic E-state index is -0.239. The molecule has 10 rings (SSSR count). The zero-order valence-corrected chi connectivity index (χ0v) is 47.9. The predicted octanol–water partition coefficient (Wildman–Crippen LogP) is 9.52. The van der Waals surface area contributed by atoms with E-state index in [0.29, 0.717) is 68.3 Å². The Morgan fingerprint density at radius 1 is 0.549 bits per heavy atom. The minimum absolute atomic E-state index is 0.0103. The molecule has 21 nitrogen and oxygen atoms in total. The van der Waals surface area contributed by atoms with Gasteiger partial charge in [0.25, 0.3) is 5.91 Å². The molecule has 1 fully saturated rings. The number of amides is 1. The van der Waals surface area contributed by atoms with Crippen LogP contribution in [0.2, 0.25) is 0 Å². The van der Waals surface area contributed by atoms with Gasteiger partial charge in [-0.25, -0.2) is 19.9 Å². The summed E-state index contributed by atoms with van der Waals surface area (Å²) in [7, 11) is 0. The number of ether oxygens (including phenoxy) is 1. The minimum Gasteiger partial charge on any atom is -0.508 e. The fourth-order valence-corrected chi connectivity index (χ4v) is 11.1. The lowest BCUT2D eigenvalue weighted by Gasteiger charge is -2.26. The zero-order chi connectivity index (χ0) is 58.5. The summed E-state index contributed by atoms with van der Waals surface area (Å²) < 4.78 is 5.31. The van der Waals surface area contributed by atoms with Crippen LogP contribution in [0.4, 0.5) is 20.5 Å². The molecule has 0 spiro atoms. The van der Waals surface area contributed by atoms with E-state index in [2.05, 4.69) is 54.2 Å². The molecule has 12 N–H and O–H groups in total. The number of aromatic nitrogens is 4. The highest BCUT2D eigenvalue weighted by molar-refractivity contribution is 7.15. The molecular formula is C57H63N9O12S4. The Kier molecular flexibility index (Phi) is 22.8. The number of nitrogens with one attached hydrogen (secondary N) is 2. The molecule has 5 heterocycles. The second kappa shape index (κ2) is 30.5. The van der Waals surface area contributed by atoms with Crippen LogP contribution in [0.5, 0.6) is 46.0 Å². The van der Waals surface area contributed by atoms with Gasteiger partial charge in [-0.1, -0.05) is 32.0 Å². The van der Waals surface area contributed by atoms with Gasteiger partial charge in [0.05, 0.1) is 49.2 Å². The largest absolute Gasteiger partial charge is 0.508 e. The zero-order valence-electron chi connectivity index (χ0n) is 44.7. The summed E-state index contributed by atoms with van der Waals surface area (Å²) >= 11 is 5.69. The fraction of sp³-hybridized carbons (Fsp3) is 0.246. The molecule has 9 aromatic rings. The number of hydrogen-bond donors (Lipinski definition) is 12. The van der Waals surface area contributed by atoms with Crippen LogP contribution < -0.4 is 20.4 Å². The van der Waals surface area contributed by atoms with Crippen molar-refractivity contribution in [2.24, 2.45) is 0 Å². The molecule has 0 aliphatic carbocycles. The average molecular weight is 1190 g/mol. The van der Waals surface area contributed by atoms with Gasteiger partial charge in [-0.05, 0) is 73.8 Å². The number of rotatable bonds is 18. The van der Waals surface area contributed by atoms with E-state index in [9.17, 15) is 45.6 Å². The van der Waals surface area contributed by atoms with Crippen LogP contribution >= 0.6 is 45.3 Å². The van der Waals surface area contributed by atoms with Gasteiger partial charge < -0.3 is 75.8 Å². The van der Waals surface area contributed by atoms with Crippen LogP contribution in [-0.4, -0.2) is 161 Å². The van der Waals surface area contributed by atoms with Crippen molar-refractivity contribution in [1.82, 2.24) is 24.8 Å². The Balaban J connectivity index is 0.000000158. The van der Waals surface area contributed by atoms with Crippen LogP contribution in [0, 0.1) is 0 Å². The lowest BCUT2D eigenvalue weighted by molar-refractivity contribution is 0.102. The molecule has 4 aromatic heterocycles. The van der Waals surface area contributed by atoms with Crippen LogP contribution in [0.15, 0.2) is 125 Å². The molecule has 1 amide bonds. The summed E-state index contributed by atoms with van der Waals surface area (Å²) in [6.07, 6.45) is 0. The van der Waals surface area contributed by atoms with E-state index in [0.717, 1.165) is 68.4 Å². The summed E-state index contributed by atoms with van der Waals surface area (Å²) in [4.78, 5) is 36.0. The fourth-order valence-electron chi connectivity index (χ4n) is 7.87. The Morgan fingerprint density at radius 2 is 0.988 bits per heavy atom. The van der Waals surface area contributed by atoms with Crippen molar-refractivity contribution in [3.8, 4) is 91.0 Å². The molecule has 1 aliphatic heterocycles. The standard InChI is InChI=1S/C16H12N2O3S.C15H21N3O2S.C13H16N2O4S.C13H14N2O3S/c19-11-6-7-12(14(20)8-11)13-9-22-16(17-13)18-15(21)10-4-2-1-3-5-10;1-3-18(4-2)8-7-16-15-17-13(10-21-15)12-6-5-11(19)9-14(12)20;16-5-3-15(4-6-17)13-14-11(8-20-13)10-2-1-9(18)7-12(10)19;16-9-1-2-10(12(17)7-9)11-8-19-13(14-11)15-3-5-18-6-4-15/h1-9,19-20H,(H,17,18,21);5-6,9-10,19-20H,3-4,7-8H2,1-2H3,(H,16,17);1-2,7-8,16-19H,3-6H2;1-2,7-8,16-17H,3-6H2. The highest BCUT2D eigenvalue weighted by Crippen LogP contribution is 2.38. The lowest BCUT2D eigenvalue weighted by Crippen LogP contribution is -2.36. The smallest absolute Gasteiger partial charge is 0.257 e. The van der Waals surface area contributed by atoms with E-state index < -0.39 is 0 Å². The number of aliphatic hydroxyl groups is 2. The molecule has 0 unspecified atom stereocenters. The maximum absolute atomic E-state index is 12.0. The predicted molar refractivity (Wildman–Crippen MR) is 324 cm³/mol. The monoisotopic (exact) mass is 1190 g/mol. The molecule has 0 radical (unpaired) electrons. The highest BCUT2D eigenvalue weighted by Gasteiger charge is 2.18. The van der Waals surface area contributed by atoms with Crippen LogP contribution in [0.3, 0.4) is 0 Å². The van der Waals surface area contributed by atoms with Crippen molar-refractivity contribution in [2.45, 2.75) is 13.8 Å². The van der Waals surface area contributed by atoms with Gasteiger partial charge in [0, 0.05) is 113 Å². The summed E-state index contributed by atoms with van der Waals surface area (Å²) in [6.45, 7) is 12.1. The van der Waals surface area contributed by atoms with Gasteiger partial charge in [0.15, 0.2) is 20.5 Å². The first-order valence-corrected chi connectivity index (χ1v) is 29.2. The number of thiazole rings is 4. The molecule has 0 atom stereocenters. The van der Waals surface area contributed by atoms with Crippen molar-refractivity contribution in [1.29, 1.82) is 0 Å². The molecule has 82 heavy (non-hydrogen) atoms. The first-order chi connectivity index (χ1) is 39.7. The number of likely N-dealkylation sites (N-methyl/N-ethyl adjacent to an activating group) is 1. The second-order valence-corrected chi connectivity index (χ2v) is 21.1. The first kappa shape index (κ1) is 61.4.